The summed E-state index contributed by atoms with van der Waals surface area (Å²) in [6, 6.07) is 6.61. The Morgan fingerprint density at radius 2 is 1.56 bits per heavy atom. The van der Waals surface area contributed by atoms with Gasteiger partial charge in [-0.3, -0.25) is 4.98 Å². The van der Waals surface area contributed by atoms with E-state index >= 15 is 0 Å². The van der Waals surface area contributed by atoms with Crippen LogP contribution in [0.15, 0.2) is 18.2 Å². The van der Waals surface area contributed by atoms with Gasteiger partial charge >= 0.3 is 0 Å². The van der Waals surface area contributed by atoms with Crippen molar-refractivity contribution in [3.63, 3.8) is 0 Å². The molecule has 0 unspecified atom stereocenters. The number of pyridine rings is 1. The second-order valence-corrected chi connectivity index (χ2v) is 7.81. The molecule has 0 aliphatic carbocycles. The third kappa shape index (κ3) is 3.36. The molecule has 0 aliphatic heterocycles. The Kier molecular flexibility index (Phi) is 5.32. The monoisotopic (exact) mass is 364 g/mol. The van der Waals surface area contributed by atoms with Crippen LogP contribution >= 0.6 is 0 Å². The Balaban J connectivity index is 2.34. The van der Waals surface area contributed by atoms with Gasteiger partial charge < -0.3 is 9.30 Å². The molecule has 0 bridgehead atoms. The first kappa shape index (κ1) is 19.5. The van der Waals surface area contributed by atoms with Crippen molar-refractivity contribution in [1.82, 2.24) is 9.55 Å². The van der Waals surface area contributed by atoms with Crippen molar-refractivity contribution in [1.29, 1.82) is 0 Å². The minimum absolute atomic E-state index is 0.237. The maximum Gasteiger partial charge on any atom is 0.132 e. The maximum atomic E-state index is 6.42. The van der Waals surface area contributed by atoms with E-state index in [0.29, 0.717) is 0 Å². The zero-order valence-electron chi connectivity index (χ0n) is 18.0. The number of fused-ring (bicyclic) bond motifs is 1. The first-order chi connectivity index (χ1) is 12.8. The zero-order chi connectivity index (χ0) is 19.9. The second-order valence-electron chi connectivity index (χ2n) is 7.81. The number of hydrogen-bond donors (Lipinski definition) is 0. The van der Waals surface area contributed by atoms with Crippen LogP contribution in [0.5, 0.6) is 5.75 Å². The number of hydrogen-bond acceptors (Lipinski definition) is 2. The largest absolute Gasteiger partial charge is 0.490 e. The van der Waals surface area contributed by atoms with Gasteiger partial charge in [0.25, 0.3) is 0 Å². The molecule has 144 valence electrons. The number of nitrogens with zero attached hydrogens (tertiary/aromatic N) is 2. The summed E-state index contributed by atoms with van der Waals surface area (Å²) < 4.78 is 8.70. The number of aryl methyl sites for hydroxylation is 5. The lowest BCUT2D eigenvalue weighted by atomic mass is 9.96. The Morgan fingerprint density at radius 3 is 2.11 bits per heavy atom. The van der Waals surface area contributed by atoms with Crippen molar-refractivity contribution < 1.29 is 4.74 Å². The third-order valence-electron chi connectivity index (χ3n) is 5.65. The Morgan fingerprint density at radius 1 is 0.963 bits per heavy atom. The van der Waals surface area contributed by atoms with Crippen molar-refractivity contribution in [2.45, 2.75) is 67.4 Å². The van der Waals surface area contributed by atoms with Crippen LogP contribution < -0.4 is 4.74 Å². The van der Waals surface area contributed by atoms with Crippen molar-refractivity contribution in [2.24, 2.45) is 7.05 Å². The van der Waals surface area contributed by atoms with Crippen LogP contribution in [0.2, 0.25) is 0 Å². The molecule has 0 saturated carbocycles. The lowest BCUT2D eigenvalue weighted by molar-refractivity contribution is 0.195. The van der Waals surface area contributed by atoms with E-state index in [1.807, 2.05) is 0 Å². The molecule has 0 spiro atoms. The van der Waals surface area contributed by atoms with Crippen molar-refractivity contribution in [2.75, 3.05) is 0 Å². The number of benzene rings is 1. The lowest BCUT2D eigenvalue weighted by Gasteiger charge is -2.17. The second kappa shape index (κ2) is 7.38. The molecule has 1 aromatic carbocycles. The SMILES string of the molecule is CCC(CC)Oc1cc(C)nc2c(-c3c(C)cc(C)cc3C)n(C)c(C)c12. The third-order valence-corrected chi connectivity index (χ3v) is 5.65. The molecular formula is C24H32N2O. The summed E-state index contributed by atoms with van der Waals surface area (Å²) in [7, 11) is 2.14. The van der Waals surface area contributed by atoms with E-state index < -0.39 is 0 Å². The summed E-state index contributed by atoms with van der Waals surface area (Å²) in [4.78, 5) is 4.96. The first-order valence-corrected chi connectivity index (χ1v) is 9.99. The van der Waals surface area contributed by atoms with E-state index in [1.165, 1.54) is 33.6 Å². The zero-order valence-corrected chi connectivity index (χ0v) is 18.0. The van der Waals surface area contributed by atoms with Crippen molar-refractivity contribution in [3.8, 4) is 17.0 Å². The van der Waals surface area contributed by atoms with Crippen LogP contribution in [0.3, 0.4) is 0 Å². The Labute approximate surface area is 163 Å². The van der Waals surface area contributed by atoms with E-state index in [0.717, 1.165) is 35.2 Å². The van der Waals surface area contributed by atoms with E-state index in [4.69, 9.17) is 9.72 Å². The highest BCUT2D eigenvalue weighted by molar-refractivity contribution is 6.00. The summed E-state index contributed by atoms with van der Waals surface area (Å²) in [5.41, 5.74) is 9.60. The predicted molar refractivity (Wildman–Crippen MR) is 115 cm³/mol. The highest BCUT2D eigenvalue weighted by Gasteiger charge is 2.22. The van der Waals surface area contributed by atoms with Gasteiger partial charge in [0.15, 0.2) is 0 Å². The molecule has 3 heteroatoms. The normalized spacial score (nSPS) is 11.6. The van der Waals surface area contributed by atoms with Gasteiger partial charge in [-0.05, 0) is 58.6 Å². The molecule has 27 heavy (non-hydrogen) atoms. The van der Waals surface area contributed by atoms with Gasteiger partial charge in [0.05, 0.1) is 17.2 Å². The number of ether oxygens (including phenoxy) is 1. The molecule has 0 saturated heterocycles. The fraction of sp³-hybridized carbons (Fsp3) is 0.458. The standard InChI is InChI=1S/C24H32N2O/c1-9-19(10-2)27-20-13-17(6)25-23-22(20)18(7)26(8)24(23)21-15(4)11-14(3)12-16(21)5/h11-13,19H,9-10H2,1-8H3. The van der Waals surface area contributed by atoms with Gasteiger partial charge in [0.2, 0.25) is 0 Å². The molecule has 0 radical (unpaired) electrons. The first-order valence-electron chi connectivity index (χ1n) is 9.99. The summed E-state index contributed by atoms with van der Waals surface area (Å²) in [5.74, 6) is 0.966. The van der Waals surface area contributed by atoms with E-state index in [9.17, 15) is 0 Å². The topological polar surface area (TPSA) is 27.1 Å². The highest BCUT2D eigenvalue weighted by Crippen LogP contribution is 2.40. The minimum Gasteiger partial charge on any atom is -0.490 e. The summed E-state index contributed by atoms with van der Waals surface area (Å²) >= 11 is 0. The highest BCUT2D eigenvalue weighted by atomic mass is 16.5. The van der Waals surface area contributed by atoms with Gasteiger partial charge in [-0.15, -0.1) is 0 Å². The average molecular weight is 365 g/mol. The molecule has 3 aromatic rings. The average Bonchev–Trinajstić information content (AvgIpc) is 2.83. The summed E-state index contributed by atoms with van der Waals surface area (Å²) in [5, 5.41) is 1.14. The van der Waals surface area contributed by atoms with Crippen LogP contribution in [0, 0.1) is 34.6 Å². The van der Waals surface area contributed by atoms with Gasteiger partial charge in [-0.1, -0.05) is 31.5 Å². The van der Waals surface area contributed by atoms with E-state index in [1.54, 1.807) is 0 Å². The van der Waals surface area contributed by atoms with Crippen LogP contribution in [-0.2, 0) is 7.05 Å². The van der Waals surface area contributed by atoms with Crippen LogP contribution in [0.1, 0.15) is 54.8 Å². The van der Waals surface area contributed by atoms with Gasteiger partial charge in [0.1, 0.15) is 11.3 Å². The Hall–Kier alpha value is -2.29. The molecule has 3 nitrogen and oxygen atoms in total. The van der Waals surface area contributed by atoms with Gasteiger partial charge in [0, 0.05) is 30.1 Å². The van der Waals surface area contributed by atoms with Crippen LogP contribution in [0.4, 0.5) is 0 Å². The van der Waals surface area contributed by atoms with E-state index in [2.05, 4.69) is 78.3 Å². The quantitative estimate of drug-likeness (QED) is 0.527. The van der Waals surface area contributed by atoms with Gasteiger partial charge in [-0.2, -0.15) is 0 Å². The fourth-order valence-electron chi connectivity index (χ4n) is 4.23. The molecular weight excluding hydrogens is 332 g/mol. The number of aromatic nitrogens is 2. The number of rotatable bonds is 5. The molecule has 2 heterocycles. The molecule has 0 aliphatic rings. The smallest absolute Gasteiger partial charge is 0.132 e. The minimum atomic E-state index is 0.237. The van der Waals surface area contributed by atoms with Crippen molar-refractivity contribution >= 4 is 10.9 Å². The molecule has 3 rings (SSSR count). The van der Waals surface area contributed by atoms with Gasteiger partial charge in [-0.25, -0.2) is 0 Å². The molecule has 0 N–H and O–H groups in total. The van der Waals surface area contributed by atoms with Crippen LogP contribution in [0.25, 0.3) is 22.2 Å². The summed E-state index contributed by atoms with van der Waals surface area (Å²) in [6.07, 6.45) is 2.25. The molecule has 0 amide bonds. The fourth-order valence-corrected chi connectivity index (χ4v) is 4.23. The predicted octanol–water partition coefficient (Wildman–Crippen LogP) is 6.35. The molecule has 0 atom stereocenters. The Bertz CT molecular complexity index is 971. The maximum absolute atomic E-state index is 6.42. The molecule has 2 aromatic heterocycles. The summed E-state index contributed by atoms with van der Waals surface area (Å²) in [6.45, 7) is 15.1. The van der Waals surface area contributed by atoms with Crippen LogP contribution in [-0.4, -0.2) is 15.7 Å². The molecule has 0 fully saturated rings. The lowest BCUT2D eigenvalue weighted by Crippen LogP contribution is -2.14. The van der Waals surface area contributed by atoms with E-state index in [-0.39, 0.29) is 6.10 Å². The van der Waals surface area contributed by atoms with Crippen molar-refractivity contribution in [3.05, 3.63) is 46.3 Å².